The smallest absolute Gasteiger partial charge is 0.253 e. The van der Waals surface area contributed by atoms with E-state index in [1.165, 1.54) is 0 Å². The van der Waals surface area contributed by atoms with Gasteiger partial charge in [-0.1, -0.05) is 38.5 Å². The molecular weight excluding hydrogens is 408 g/mol. The number of hydrogen-bond acceptors (Lipinski definition) is 4. The molecule has 31 heavy (non-hydrogen) atoms. The minimum Gasteiger partial charge on any atom is -0.368 e. The van der Waals surface area contributed by atoms with E-state index in [2.05, 4.69) is 15.5 Å². The van der Waals surface area contributed by atoms with Gasteiger partial charge in [-0.05, 0) is 55.5 Å². The SMILES string of the molecule is Cc1ccc(C(=O)N2CCN(c3ccc(NC(=S)NC(=O)C(C)(C)C)cc3)CC2)cc1. The molecule has 0 aromatic heterocycles. The van der Waals surface area contributed by atoms with Gasteiger partial charge in [0.1, 0.15) is 0 Å². The molecule has 0 bridgehead atoms. The van der Waals surface area contributed by atoms with Crippen molar-refractivity contribution < 1.29 is 9.59 Å². The zero-order valence-corrected chi connectivity index (χ0v) is 19.4. The first kappa shape index (κ1) is 22.7. The number of nitrogens with zero attached hydrogens (tertiary/aromatic N) is 2. The molecule has 1 aliphatic rings. The zero-order chi connectivity index (χ0) is 22.6. The van der Waals surface area contributed by atoms with Crippen LogP contribution < -0.4 is 15.5 Å². The van der Waals surface area contributed by atoms with Crippen molar-refractivity contribution in [3.8, 4) is 0 Å². The van der Waals surface area contributed by atoms with Crippen LogP contribution in [0, 0.1) is 12.3 Å². The molecule has 1 saturated heterocycles. The molecule has 6 nitrogen and oxygen atoms in total. The largest absolute Gasteiger partial charge is 0.368 e. The molecule has 0 saturated carbocycles. The molecule has 2 aromatic rings. The van der Waals surface area contributed by atoms with Gasteiger partial charge in [0.2, 0.25) is 5.91 Å². The van der Waals surface area contributed by atoms with Crippen molar-refractivity contribution in [2.45, 2.75) is 27.7 Å². The van der Waals surface area contributed by atoms with Crippen molar-refractivity contribution in [3.63, 3.8) is 0 Å². The van der Waals surface area contributed by atoms with Crippen LogP contribution in [-0.2, 0) is 4.79 Å². The molecule has 0 radical (unpaired) electrons. The topological polar surface area (TPSA) is 64.7 Å². The Labute approximate surface area is 189 Å². The Morgan fingerprint density at radius 2 is 1.48 bits per heavy atom. The number of carbonyl (C=O) groups excluding carboxylic acids is 2. The standard InChI is InChI=1S/C24H30N4O2S/c1-17-5-7-18(8-6-17)21(29)28-15-13-27(14-16-28)20-11-9-19(10-12-20)25-23(31)26-22(30)24(2,3)4/h5-12H,13-16H2,1-4H3,(H2,25,26,30,31). The van der Waals surface area contributed by atoms with E-state index in [4.69, 9.17) is 12.2 Å². The van der Waals surface area contributed by atoms with Gasteiger partial charge in [-0.25, -0.2) is 0 Å². The van der Waals surface area contributed by atoms with Crippen molar-refractivity contribution in [1.29, 1.82) is 0 Å². The molecule has 0 spiro atoms. The number of aryl methyl sites for hydroxylation is 1. The predicted molar refractivity (Wildman–Crippen MR) is 130 cm³/mol. The minimum absolute atomic E-state index is 0.0880. The maximum absolute atomic E-state index is 12.7. The van der Waals surface area contributed by atoms with Crippen LogP contribution >= 0.6 is 12.2 Å². The van der Waals surface area contributed by atoms with Gasteiger partial charge in [0.25, 0.3) is 5.91 Å². The van der Waals surface area contributed by atoms with E-state index < -0.39 is 5.41 Å². The summed E-state index contributed by atoms with van der Waals surface area (Å²) < 4.78 is 0. The maximum atomic E-state index is 12.7. The van der Waals surface area contributed by atoms with E-state index in [9.17, 15) is 9.59 Å². The van der Waals surface area contributed by atoms with Gasteiger partial charge >= 0.3 is 0 Å². The first-order valence-electron chi connectivity index (χ1n) is 10.5. The van der Waals surface area contributed by atoms with Gasteiger partial charge in [-0.15, -0.1) is 0 Å². The summed E-state index contributed by atoms with van der Waals surface area (Å²) in [5, 5.41) is 6.05. The number of nitrogens with one attached hydrogen (secondary N) is 2. The Bertz CT molecular complexity index is 941. The molecule has 2 N–H and O–H groups in total. The first-order chi connectivity index (χ1) is 14.6. The highest BCUT2D eigenvalue weighted by Crippen LogP contribution is 2.20. The highest BCUT2D eigenvalue weighted by atomic mass is 32.1. The highest BCUT2D eigenvalue weighted by Gasteiger charge is 2.23. The summed E-state index contributed by atoms with van der Waals surface area (Å²) in [6.07, 6.45) is 0. The van der Waals surface area contributed by atoms with Crippen molar-refractivity contribution in [2.24, 2.45) is 5.41 Å². The van der Waals surface area contributed by atoms with Crippen LogP contribution in [0.1, 0.15) is 36.7 Å². The van der Waals surface area contributed by atoms with E-state index in [0.29, 0.717) is 13.1 Å². The number of piperazine rings is 1. The Kier molecular flexibility index (Phi) is 6.95. The second-order valence-electron chi connectivity index (χ2n) is 8.85. The second kappa shape index (κ2) is 9.47. The fourth-order valence-electron chi connectivity index (χ4n) is 3.25. The van der Waals surface area contributed by atoms with Gasteiger partial charge in [-0.3, -0.25) is 9.59 Å². The summed E-state index contributed by atoms with van der Waals surface area (Å²) in [7, 11) is 0. The third kappa shape index (κ3) is 6.04. The molecule has 164 valence electrons. The van der Waals surface area contributed by atoms with Crippen molar-refractivity contribution in [2.75, 3.05) is 36.4 Å². The van der Waals surface area contributed by atoms with Gasteiger partial charge < -0.3 is 20.4 Å². The molecular formula is C24H30N4O2S. The van der Waals surface area contributed by atoms with Crippen LogP contribution in [-0.4, -0.2) is 48.0 Å². The summed E-state index contributed by atoms with van der Waals surface area (Å²) >= 11 is 5.23. The fraction of sp³-hybridized carbons (Fsp3) is 0.375. The third-order valence-corrected chi connectivity index (χ3v) is 5.47. The number of amides is 2. The molecule has 3 rings (SSSR count). The summed E-state index contributed by atoms with van der Waals surface area (Å²) in [5.41, 5.74) is 3.30. The van der Waals surface area contributed by atoms with Crippen LogP contribution in [0.5, 0.6) is 0 Å². The van der Waals surface area contributed by atoms with E-state index >= 15 is 0 Å². The van der Waals surface area contributed by atoms with Gasteiger partial charge in [-0.2, -0.15) is 0 Å². The fourth-order valence-corrected chi connectivity index (χ4v) is 3.47. The molecule has 2 aromatic carbocycles. The number of carbonyl (C=O) groups is 2. The van der Waals surface area contributed by atoms with E-state index in [1.807, 2.05) is 81.1 Å². The molecule has 2 amide bonds. The highest BCUT2D eigenvalue weighted by molar-refractivity contribution is 7.80. The number of hydrogen-bond donors (Lipinski definition) is 2. The Morgan fingerprint density at radius 3 is 2.03 bits per heavy atom. The number of benzene rings is 2. The van der Waals surface area contributed by atoms with E-state index in [0.717, 1.165) is 35.6 Å². The molecule has 0 unspecified atom stereocenters. The Morgan fingerprint density at radius 1 is 0.903 bits per heavy atom. The summed E-state index contributed by atoms with van der Waals surface area (Å²) in [5.74, 6) is -0.0373. The lowest BCUT2D eigenvalue weighted by Crippen LogP contribution is -2.48. The van der Waals surface area contributed by atoms with Gasteiger partial charge in [0.15, 0.2) is 5.11 Å². The average molecular weight is 439 g/mol. The van der Waals surface area contributed by atoms with Gasteiger partial charge in [0, 0.05) is 48.5 Å². The monoisotopic (exact) mass is 438 g/mol. The lowest BCUT2D eigenvalue weighted by Gasteiger charge is -2.36. The molecule has 0 aliphatic carbocycles. The molecule has 1 fully saturated rings. The van der Waals surface area contributed by atoms with Crippen molar-refractivity contribution in [3.05, 3.63) is 59.7 Å². The summed E-state index contributed by atoms with van der Waals surface area (Å²) in [4.78, 5) is 28.9. The number of thiocarbonyl (C=S) groups is 1. The minimum atomic E-state index is -0.501. The van der Waals surface area contributed by atoms with E-state index in [-0.39, 0.29) is 16.9 Å². The summed E-state index contributed by atoms with van der Waals surface area (Å²) in [6.45, 7) is 10.5. The second-order valence-corrected chi connectivity index (χ2v) is 9.26. The quantitative estimate of drug-likeness (QED) is 0.714. The van der Waals surface area contributed by atoms with Crippen LogP contribution in [0.3, 0.4) is 0 Å². The maximum Gasteiger partial charge on any atom is 0.253 e. The molecule has 0 atom stereocenters. The number of anilines is 2. The Hall–Kier alpha value is -2.93. The lowest BCUT2D eigenvalue weighted by molar-refractivity contribution is -0.126. The molecule has 1 heterocycles. The zero-order valence-electron chi connectivity index (χ0n) is 18.6. The van der Waals surface area contributed by atoms with Crippen molar-refractivity contribution >= 4 is 40.5 Å². The van der Waals surface area contributed by atoms with E-state index in [1.54, 1.807) is 0 Å². The first-order valence-corrected chi connectivity index (χ1v) is 10.9. The number of rotatable bonds is 3. The average Bonchev–Trinajstić information content (AvgIpc) is 2.74. The predicted octanol–water partition coefficient (Wildman–Crippen LogP) is 3.82. The summed E-state index contributed by atoms with van der Waals surface area (Å²) in [6, 6.07) is 15.7. The van der Waals surface area contributed by atoms with Crippen LogP contribution in [0.15, 0.2) is 48.5 Å². The van der Waals surface area contributed by atoms with Crippen LogP contribution in [0.4, 0.5) is 11.4 Å². The lowest BCUT2D eigenvalue weighted by atomic mass is 9.96. The van der Waals surface area contributed by atoms with Crippen LogP contribution in [0.25, 0.3) is 0 Å². The normalized spacial score (nSPS) is 14.2. The van der Waals surface area contributed by atoms with Gasteiger partial charge in [0.05, 0.1) is 0 Å². The van der Waals surface area contributed by atoms with Crippen molar-refractivity contribution in [1.82, 2.24) is 10.2 Å². The van der Waals surface area contributed by atoms with Crippen LogP contribution in [0.2, 0.25) is 0 Å². The Balaban J connectivity index is 1.52. The molecule has 1 aliphatic heterocycles. The third-order valence-electron chi connectivity index (χ3n) is 5.26. The molecule has 7 heteroatoms.